The van der Waals surface area contributed by atoms with Gasteiger partial charge in [0.1, 0.15) is 5.82 Å². The van der Waals surface area contributed by atoms with Gasteiger partial charge in [-0.05, 0) is 6.07 Å². The molecule has 3 rings (SSSR count). The van der Waals surface area contributed by atoms with E-state index >= 15 is 0 Å². The number of non-ortho nitro benzene ring substituents is 1. The van der Waals surface area contributed by atoms with Gasteiger partial charge in [-0.15, -0.1) is 0 Å². The van der Waals surface area contributed by atoms with Crippen LogP contribution in [0.25, 0.3) is 0 Å². The van der Waals surface area contributed by atoms with Crippen molar-refractivity contribution in [1.82, 2.24) is 9.55 Å². The molecule has 0 radical (unpaired) electrons. The van der Waals surface area contributed by atoms with Crippen molar-refractivity contribution in [3.63, 3.8) is 0 Å². The standard InChI is InChI=1S/C13H12N4O4/c18-13(19)10-2-1-9(17(20)21)7-11(10)16-6-5-15-4-3-14-12(15)8-16/h1-4,7H,5-6,8H2,(H,18,19). The van der Waals surface area contributed by atoms with Crippen LogP contribution in [0.5, 0.6) is 0 Å². The number of nitro benzene ring substituents is 1. The van der Waals surface area contributed by atoms with Crippen LogP contribution in [0.1, 0.15) is 16.2 Å². The number of carbonyl (C=O) groups is 1. The zero-order valence-electron chi connectivity index (χ0n) is 11.0. The molecule has 0 saturated carbocycles. The van der Waals surface area contributed by atoms with E-state index in [2.05, 4.69) is 4.98 Å². The van der Waals surface area contributed by atoms with Crippen LogP contribution in [-0.4, -0.2) is 32.1 Å². The van der Waals surface area contributed by atoms with Crippen molar-refractivity contribution in [2.45, 2.75) is 13.1 Å². The van der Waals surface area contributed by atoms with Crippen LogP contribution in [0.4, 0.5) is 11.4 Å². The number of benzene rings is 1. The number of aromatic carboxylic acids is 1. The van der Waals surface area contributed by atoms with Crippen LogP contribution < -0.4 is 4.90 Å². The highest BCUT2D eigenvalue weighted by atomic mass is 16.6. The fraction of sp³-hybridized carbons (Fsp3) is 0.231. The van der Waals surface area contributed by atoms with Crippen LogP contribution in [0.2, 0.25) is 0 Å². The molecule has 0 atom stereocenters. The summed E-state index contributed by atoms with van der Waals surface area (Å²) >= 11 is 0. The first-order valence-electron chi connectivity index (χ1n) is 6.33. The summed E-state index contributed by atoms with van der Waals surface area (Å²) in [5, 5.41) is 20.2. The number of hydrogen-bond acceptors (Lipinski definition) is 5. The number of nitrogens with zero attached hydrogens (tertiary/aromatic N) is 4. The zero-order chi connectivity index (χ0) is 15.0. The minimum absolute atomic E-state index is 0.0561. The maximum absolute atomic E-state index is 11.3. The maximum atomic E-state index is 11.3. The van der Waals surface area contributed by atoms with E-state index < -0.39 is 10.9 Å². The number of anilines is 1. The van der Waals surface area contributed by atoms with E-state index in [0.717, 1.165) is 5.82 Å². The lowest BCUT2D eigenvalue weighted by Crippen LogP contribution is -2.34. The molecule has 1 aromatic carbocycles. The second-order valence-electron chi connectivity index (χ2n) is 4.72. The molecule has 1 N–H and O–H groups in total. The zero-order valence-corrected chi connectivity index (χ0v) is 11.0. The molecule has 21 heavy (non-hydrogen) atoms. The van der Waals surface area contributed by atoms with Crippen LogP contribution in [0.3, 0.4) is 0 Å². The van der Waals surface area contributed by atoms with Crippen molar-refractivity contribution in [1.29, 1.82) is 0 Å². The molecule has 1 aliphatic rings. The smallest absolute Gasteiger partial charge is 0.337 e. The third-order valence-electron chi connectivity index (χ3n) is 3.51. The van der Waals surface area contributed by atoms with Gasteiger partial charge in [-0.1, -0.05) is 0 Å². The summed E-state index contributed by atoms with van der Waals surface area (Å²) in [5.41, 5.74) is 0.287. The Bertz CT molecular complexity index is 725. The van der Waals surface area contributed by atoms with E-state index in [1.807, 2.05) is 10.8 Å². The average Bonchev–Trinajstić information content (AvgIpc) is 2.93. The number of aromatic nitrogens is 2. The van der Waals surface area contributed by atoms with Crippen LogP contribution in [-0.2, 0) is 13.1 Å². The van der Waals surface area contributed by atoms with Gasteiger partial charge in [0, 0.05) is 37.6 Å². The Morgan fingerprint density at radius 1 is 1.38 bits per heavy atom. The highest BCUT2D eigenvalue weighted by molar-refractivity contribution is 5.95. The quantitative estimate of drug-likeness (QED) is 0.678. The molecule has 1 aliphatic heterocycles. The molecule has 8 nitrogen and oxygen atoms in total. The molecule has 0 bridgehead atoms. The van der Waals surface area contributed by atoms with Crippen molar-refractivity contribution >= 4 is 17.3 Å². The first-order chi connectivity index (χ1) is 10.1. The topological polar surface area (TPSA) is 101 Å². The largest absolute Gasteiger partial charge is 0.478 e. The lowest BCUT2D eigenvalue weighted by molar-refractivity contribution is -0.384. The molecule has 108 valence electrons. The molecule has 0 aliphatic carbocycles. The molecule has 0 amide bonds. The lowest BCUT2D eigenvalue weighted by atomic mass is 10.1. The minimum Gasteiger partial charge on any atom is -0.478 e. The predicted molar refractivity (Wildman–Crippen MR) is 73.3 cm³/mol. The second kappa shape index (κ2) is 4.89. The maximum Gasteiger partial charge on any atom is 0.337 e. The molecule has 0 spiro atoms. The number of carboxylic acid groups (broad SMARTS) is 1. The summed E-state index contributed by atoms with van der Waals surface area (Å²) in [6.07, 6.45) is 3.54. The van der Waals surface area contributed by atoms with Gasteiger partial charge in [0.15, 0.2) is 0 Å². The van der Waals surface area contributed by atoms with Crippen molar-refractivity contribution in [3.8, 4) is 0 Å². The van der Waals surface area contributed by atoms with Gasteiger partial charge < -0.3 is 14.6 Å². The summed E-state index contributed by atoms with van der Waals surface area (Å²) in [6, 6.07) is 3.79. The van der Waals surface area contributed by atoms with E-state index in [9.17, 15) is 20.0 Å². The molecule has 1 aromatic heterocycles. The Labute approximate surface area is 119 Å². The van der Waals surface area contributed by atoms with Gasteiger partial charge in [0.25, 0.3) is 5.69 Å². The number of hydrogen-bond donors (Lipinski definition) is 1. The Morgan fingerprint density at radius 2 is 2.19 bits per heavy atom. The summed E-state index contributed by atoms with van der Waals surface area (Å²) in [6.45, 7) is 1.66. The van der Waals surface area contributed by atoms with E-state index in [1.54, 1.807) is 11.1 Å². The lowest BCUT2D eigenvalue weighted by Gasteiger charge is -2.30. The highest BCUT2D eigenvalue weighted by Gasteiger charge is 2.23. The van der Waals surface area contributed by atoms with Crippen molar-refractivity contribution < 1.29 is 14.8 Å². The number of carboxylic acids is 1. The van der Waals surface area contributed by atoms with E-state index in [-0.39, 0.29) is 11.3 Å². The monoisotopic (exact) mass is 288 g/mol. The summed E-state index contributed by atoms with van der Waals surface area (Å²) in [4.78, 5) is 27.7. The first kappa shape index (κ1) is 13.1. The number of fused-ring (bicyclic) bond motifs is 1. The number of imidazole rings is 1. The average molecular weight is 288 g/mol. The van der Waals surface area contributed by atoms with Crippen molar-refractivity contribution in [2.24, 2.45) is 0 Å². The third-order valence-corrected chi connectivity index (χ3v) is 3.51. The van der Waals surface area contributed by atoms with Crippen LogP contribution in [0.15, 0.2) is 30.6 Å². The minimum atomic E-state index is -1.10. The summed E-state index contributed by atoms with van der Waals surface area (Å²) < 4.78 is 1.98. The van der Waals surface area contributed by atoms with E-state index in [4.69, 9.17) is 0 Å². The molecular formula is C13H12N4O4. The fourth-order valence-electron chi connectivity index (χ4n) is 2.46. The molecular weight excluding hydrogens is 276 g/mol. The van der Waals surface area contributed by atoms with Crippen LogP contribution >= 0.6 is 0 Å². The van der Waals surface area contributed by atoms with E-state index in [1.165, 1.54) is 18.2 Å². The van der Waals surface area contributed by atoms with Gasteiger partial charge in [-0.2, -0.15) is 0 Å². The Kier molecular flexibility index (Phi) is 3.05. The highest BCUT2D eigenvalue weighted by Crippen LogP contribution is 2.28. The SMILES string of the molecule is O=C(O)c1ccc([N+](=O)[O-])cc1N1CCn2ccnc2C1. The molecule has 0 saturated heterocycles. The molecule has 2 aromatic rings. The predicted octanol–water partition coefficient (Wildman–Crippen LogP) is 1.51. The van der Waals surface area contributed by atoms with Crippen molar-refractivity contribution in [3.05, 3.63) is 52.1 Å². The second-order valence-corrected chi connectivity index (χ2v) is 4.72. The van der Waals surface area contributed by atoms with Crippen molar-refractivity contribution in [2.75, 3.05) is 11.4 Å². The normalized spacial score (nSPS) is 13.8. The molecule has 0 fully saturated rings. The number of nitro groups is 1. The Morgan fingerprint density at radius 3 is 2.90 bits per heavy atom. The molecule has 2 heterocycles. The molecule has 0 unspecified atom stereocenters. The van der Waals surface area contributed by atoms with Gasteiger partial charge in [0.2, 0.25) is 0 Å². The van der Waals surface area contributed by atoms with Gasteiger partial charge in [-0.25, -0.2) is 9.78 Å². The molecule has 8 heteroatoms. The van der Waals surface area contributed by atoms with Gasteiger partial charge >= 0.3 is 5.97 Å². The Hall–Kier alpha value is -2.90. The first-order valence-corrected chi connectivity index (χ1v) is 6.33. The Balaban J connectivity index is 2.02. The van der Waals surface area contributed by atoms with Gasteiger partial charge in [0.05, 0.1) is 22.7 Å². The number of rotatable bonds is 3. The van der Waals surface area contributed by atoms with Gasteiger partial charge in [-0.3, -0.25) is 10.1 Å². The fourth-order valence-corrected chi connectivity index (χ4v) is 2.46. The summed E-state index contributed by atoms with van der Waals surface area (Å²) in [5.74, 6) is -0.294. The summed E-state index contributed by atoms with van der Waals surface area (Å²) in [7, 11) is 0. The third kappa shape index (κ3) is 2.31. The van der Waals surface area contributed by atoms with Crippen LogP contribution in [0, 0.1) is 10.1 Å². The van der Waals surface area contributed by atoms with E-state index in [0.29, 0.717) is 25.3 Å².